The van der Waals surface area contributed by atoms with Gasteiger partial charge in [-0.2, -0.15) is 0 Å². The van der Waals surface area contributed by atoms with E-state index in [1.54, 1.807) is 60.7 Å². The lowest BCUT2D eigenvalue weighted by atomic mass is 10.2. The minimum Gasteiger partial charge on any atom is -0.323 e. The van der Waals surface area contributed by atoms with Crippen molar-refractivity contribution in [2.75, 3.05) is 14.2 Å². The first-order valence-electron chi connectivity index (χ1n) is 8.99. The molecule has 6 nitrogen and oxygen atoms in total. The van der Waals surface area contributed by atoms with Gasteiger partial charge >= 0.3 is 14.7 Å². The summed E-state index contributed by atoms with van der Waals surface area (Å²) in [6.45, 7) is 0. The highest BCUT2D eigenvalue weighted by molar-refractivity contribution is 7.84. The van der Waals surface area contributed by atoms with Crippen LogP contribution in [0.2, 0.25) is 0 Å². The van der Waals surface area contributed by atoms with Crippen LogP contribution in [0.3, 0.4) is 0 Å². The summed E-state index contributed by atoms with van der Waals surface area (Å²) in [6.07, 6.45) is 0. The molecule has 0 heterocycles. The molecular weight excluding hydrogens is 422 g/mol. The van der Waals surface area contributed by atoms with Crippen LogP contribution >= 0.6 is 14.7 Å². The van der Waals surface area contributed by atoms with Gasteiger partial charge in [0, 0.05) is 36.0 Å². The van der Waals surface area contributed by atoms with Crippen LogP contribution in [0.1, 0.15) is 20.7 Å². The molecule has 154 valence electrons. The van der Waals surface area contributed by atoms with Gasteiger partial charge in [-0.15, -0.1) is 0 Å². The summed E-state index contributed by atoms with van der Waals surface area (Å²) < 4.78 is 37.0. The summed E-state index contributed by atoms with van der Waals surface area (Å²) in [6, 6.07) is 21.9. The summed E-state index contributed by atoms with van der Waals surface area (Å²) in [5.74, 6) is 0. The van der Waals surface area contributed by atoms with Crippen LogP contribution in [0.4, 0.5) is 0 Å². The van der Waals surface area contributed by atoms with E-state index >= 15 is 0 Å². The fourth-order valence-corrected chi connectivity index (χ4v) is 6.24. The van der Waals surface area contributed by atoms with Crippen molar-refractivity contribution in [1.29, 1.82) is 0 Å². The smallest absolute Gasteiger partial charge is 0.300 e. The third kappa shape index (κ3) is 4.00. The molecule has 0 fully saturated rings. The average Bonchev–Trinajstić information content (AvgIpc) is 2.83. The Balaban J connectivity index is 1.98. The number of benzene rings is 3. The molecule has 3 rings (SSSR count). The second kappa shape index (κ2) is 9.03. The highest BCUT2D eigenvalue weighted by Gasteiger charge is 2.38. The first kappa shape index (κ1) is 22.1. The lowest BCUT2D eigenvalue weighted by Crippen LogP contribution is -2.19. The Morgan fingerprint density at radius 2 is 0.867 bits per heavy atom. The van der Waals surface area contributed by atoms with Gasteiger partial charge in [0.05, 0.1) is 0 Å². The molecule has 0 aliphatic rings. The van der Waals surface area contributed by atoms with E-state index < -0.39 is 25.8 Å². The first-order chi connectivity index (χ1) is 14.4. The van der Waals surface area contributed by atoms with E-state index in [4.69, 9.17) is 9.05 Å². The van der Waals surface area contributed by atoms with Crippen molar-refractivity contribution in [3.8, 4) is 0 Å². The molecule has 0 spiro atoms. The lowest BCUT2D eigenvalue weighted by molar-refractivity contribution is 0.105. The minimum atomic E-state index is -3.88. The van der Waals surface area contributed by atoms with E-state index in [-0.39, 0.29) is 21.7 Å². The zero-order chi connectivity index (χ0) is 21.8. The summed E-state index contributed by atoms with van der Waals surface area (Å²) in [5, 5.41) is 0.273. The lowest BCUT2D eigenvalue weighted by Gasteiger charge is -2.18. The topological polar surface area (TPSA) is 86.7 Å². The van der Waals surface area contributed by atoms with E-state index in [9.17, 15) is 18.7 Å². The highest BCUT2D eigenvalue weighted by Crippen LogP contribution is 2.50. The van der Waals surface area contributed by atoms with Crippen LogP contribution in [0.15, 0.2) is 84.9 Å². The van der Waals surface area contributed by atoms with Crippen LogP contribution in [-0.4, -0.2) is 25.3 Å². The van der Waals surface area contributed by atoms with Crippen LogP contribution < -0.4 is 10.6 Å². The van der Waals surface area contributed by atoms with Gasteiger partial charge in [-0.25, -0.2) is 0 Å². The Kier molecular flexibility index (Phi) is 6.64. The molecule has 0 aromatic heterocycles. The normalized spacial score (nSPS) is 15.0. The maximum Gasteiger partial charge on any atom is 0.300 e. The Morgan fingerprint density at radius 3 is 1.13 bits per heavy atom. The second-order valence-electron chi connectivity index (χ2n) is 6.33. The molecule has 2 atom stereocenters. The van der Waals surface area contributed by atoms with Crippen molar-refractivity contribution in [1.82, 2.24) is 0 Å². The summed E-state index contributed by atoms with van der Waals surface area (Å²) in [7, 11) is -5.36. The number of carbonyl (C=O) groups excluding carboxylic acids is 2. The van der Waals surface area contributed by atoms with E-state index in [0.717, 1.165) is 0 Å². The number of hydrogen-bond donors (Lipinski definition) is 0. The quantitative estimate of drug-likeness (QED) is 0.479. The van der Waals surface area contributed by atoms with E-state index in [0.29, 0.717) is 0 Å². The van der Waals surface area contributed by atoms with Gasteiger partial charge in [0.1, 0.15) is 0 Å². The largest absolute Gasteiger partial charge is 0.323 e. The average molecular weight is 442 g/mol. The fourth-order valence-electron chi connectivity index (χ4n) is 2.96. The van der Waals surface area contributed by atoms with Crippen LogP contribution in [0.25, 0.3) is 0 Å². The molecule has 0 saturated carbocycles. The Morgan fingerprint density at radius 1 is 0.567 bits per heavy atom. The number of hydrogen-bond acceptors (Lipinski definition) is 6. The predicted octanol–water partition coefficient (Wildman–Crippen LogP) is 4.47. The van der Waals surface area contributed by atoms with E-state index in [1.165, 1.54) is 38.5 Å². The molecule has 8 heteroatoms. The maximum atomic E-state index is 13.3. The fraction of sp³-hybridized carbons (Fsp3) is 0.0909. The third-order valence-corrected chi connectivity index (χ3v) is 9.19. The summed E-state index contributed by atoms with van der Waals surface area (Å²) >= 11 is 0. The molecule has 3 aromatic rings. The standard InChI is InChI=1S/C22H20O6P2/c1-27-29(25,21(23)17-9-5-3-6-10-17)19-13-15-20(16-14-19)30(26,28-2)22(24)18-11-7-4-8-12-18/h3-16H,1-2H3. The van der Waals surface area contributed by atoms with Crippen molar-refractivity contribution in [2.45, 2.75) is 0 Å². The zero-order valence-corrected chi connectivity index (χ0v) is 18.2. The first-order valence-corrected chi connectivity index (χ1v) is 12.2. The van der Waals surface area contributed by atoms with Crippen molar-refractivity contribution in [3.05, 3.63) is 96.1 Å². The molecule has 0 amide bonds. The van der Waals surface area contributed by atoms with Gasteiger partial charge in [-0.05, 0) is 24.3 Å². The van der Waals surface area contributed by atoms with Crippen LogP contribution in [0.5, 0.6) is 0 Å². The molecule has 0 saturated heterocycles. The van der Waals surface area contributed by atoms with Gasteiger partial charge in [-0.3, -0.25) is 18.7 Å². The van der Waals surface area contributed by atoms with Gasteiger partial charge in [0.2, 0.25) is 0 Å². The second-order valence-corrected chi connectivity index (χ2v) is 11.1. The molecule has 0 radical (unpaired) electrons. The van der Waals surface area contributed by atoms with Crippen LogP contribution in [0, 0.1) is 0 Å². The molecule has 2 unspecified atom stereocenters. The van der Waals surface area contributed by atoms with E-state index in [2.05, 4.69) is 0 Å². The van der Waals surface area contributed by atoms with Crippen LogP contribution in [-0.2, 0) is 18.2 Å². The predicted molar refractivity (Wildman–Crippen MR) is 116 cm³/mol. The number of rotatable bonds is 8. The van der Waals surface area contributed by atoms with Gasteiger partial charge in [0.15, 0.2) is 0 Å². The van der Waals surface area contributed by atoms with Gasteiger partial charge < -0.3 is 9.05 Å². The van der Waals surface area contributed by atoms with Gasteiger partial charge in [-0.1, -0.05) is 60.7 Å². The van der Waals surface area contributed by atoms with Gasteiger partial charge in [0.25, 0.3) is 11.0 Å². The zero-order valence-electron chi connectivity index (χ0n) is 16.4. The molecule has 0 bridgehead atoms. The highest BCUT2D eigenvalue weighted by atomic mass is 31.2. The molecule has 3 aromatic carbocycles. The Bertz CT molecular complexity index is 1050. The minimum absolute atomic E-state index is 0.136. The molecule has 0 N–H and O–H groups in total. The van der Waals surface area contributed by atoms with E-state index in [1.807, 2.05) is 0 Å². The van der Waals surface area contributed by atoms with Crippen molar-refractivity contribution < 1.29 is 27.8 Å². The Labute approximate surface area is 174 Å². The molecule has 0 aliphatic heterocycles. The molecule has 0 aliphatic carbocycles. The molecular formula is C22H20O6P2. The number of carbonyl (C=O) groups is 2. The van der Waals surface area contributed by atoms with Crippen molar-refractivity contribution >= 4 is 36.4 Å². The monoisotopic (exact) mass is 442 g/mol. The summed E-state index contributed by atoms with van der Waals surface area (Å²) in [5.41, 5.74) is -0.774. The van der Waals surface area contributed by atoms with Crippen molar-refractivity contribution in [2.24, 2.45) is 0 Å². The third-order valence-electron chi connectivity index (χ3n) is 4.62. The Hall–Kier alpha value is -2.62. The summed E-state index contributed by atoms with van der Waals surface area (Å²) in [4.78, 5) is 25.6. The van der Waals surface area contributed by atoms with Crippen molar-refractivity contribution in [3.63, 3.8) is 0 Å². The molecule has 30 heavy (non-hydrogen) atoms. The maximum absolute atomic E-state index is 13.3. The SMILES string of the molecule is COP(=O)(C(=O)c1ccccc1)c1ccc(P(=O)(OC)C(=O)c2ccccc2)cc1.